The number of benzene rings is 1. The van der Waals surface area contributed by atoms with E-state index >= 15 is 0 Å². The molecule has 7 heteroatoms. The van der Waals surface area contributed by atoms with Gasteiger partial charge in [-0.1, -0.05) is 6.07 Å². The van der Waals surface area contributed by atoms with Crippen LogP contribution in [0.1, 0.15) is 28.1 Å². The van der Waals surface area contributed by atoms with Crippen LogP contribution < -0.4 is 14.2 Å². The maximum atomic E-state index is 13.0. The lowest BCUT2D eigenvalue weighted by atomic mass is 10.1. The number of methoxy groups -OCH3 is 3. The average molecular weight is 391 g/mol. The van der Waals surface area contributed by atoms with Crippen LogP contribution in [-0.2, 0) is 11.3 Å². The molecular formula is C20H25NO5S. The molecule has 2 heterocycles. The second-order valence-electron chi connectivity index (χ2n) is 6.33. The number of carbonyl (C=O) groups is 1. The van der Waals surface area contributed by atoms with Crippen molar-refractivity contribution in [1.82, 2.24) is 4.90 Å². The number of rotatable bonds is 8. The zero-order valence-electron chi connectivity index (χ0n) is 15.9. The summed E-state index contributed by atoms with van der Waals surface area (Å²) in [6.07, 6.45) is 2.09. The quantitative estimate of drug-likeness (QED) is 0.688. The maximum Gasteiger partial charge on any atom is 0.264 e. The molecule has 0 N–H and O–H groups in total. The Kier molecular flexibility index (Phi) is 6.58. The zero-order valence-corrected chi connectivity index (χ0v) is 16.7. The highest BCUT2D eigenvalue weighted by Crippen LogP contribution is 2.38. The van der Waals surface area contributed by atoms with Crippen molar-refractivity contribution in [2.24, 2.45) is 0 Å². The van der Waals surface area contributed by atoms with Gasteiger partial charge in [-0.3, -0.25) is 4.79 Å². The monoisotopic (exact) mass is 391 g/mol. The first-order valence-electron chi connectivity index (χ1n) is 8.89. The van der Waals surface area contributed by atoms with E-state index in [1.54, 1.807) is 21.3 Å². The van der Waals surface area contributed by atoms with Gasteiger partial charge in [0.05, 0.1) is 32.3 Å². The van der Waals surface area contributed by atoms with E-state index in [1.807, 2.05) is 34.5 Å². The predicted molar refractivity (Wildman–Crippen MR) is 104 cm³/mol. The lowest BCUT2D eigenvalue weighted by Gasteiger charge is -2.26. The van der Waals surface area contributed by atoms with Gasteiger partial charge in [-0.25, -0.2) is 0 Å². The molecule has 27 heavy (non-hydrogen) atoms. The number of ether oxygens (including phenoxy) is 4. The van der Waals surface area contributed by atoms with Gasteiger partial charge in [0.15, 0.2) is 11.5 Å². The normalized spacial score (nSPS) is 16.2. The number of hydrogen-bond donors (Lipinski definition) is 0. The highest BCUT2D eigenvalue weighted by Gasteiger charge is 2.25. The largest absolute Gasteiger partial charge is 0.493 e. The Balaban J connectivity index is 1.87. The van der Waals surface area contributed by atoms with Crippen LogP contribution in [0.5, 0.6) is 17.2 Å². The van der Waals surface area contributed by atoms with Gasteiger partial charge in [-0.05, 0) is 42.0 Å². The molecular weight excluding hydrogens is 366 g/mol. The average Bonchev–Trinajstić information content (AvgIpc) is 3.40. The number of hydrogen-bond acceptors (Lipinski definition) is 6. The Morgan fingerprint density at radius 3 is 2.48 bits per heavy atom. The van der Waals surface area contributed by atoms with Crippen LogP contribution in [-0.4, -0.2) is 51.4 Å². The molecule has 1 fully saturated rings. The second-order valence-corrected chi connectivity index (χ2v) is 7.28. The van der Waals surface area contributed by atoms with Gasteiger partial charge in [-0.2, -0.15) is 0 Å². The molecule has 0 aliphatic carbocycles. The first-order valence-corrected chi connectivity index (χ1v) is 9.77. The van der Waals surface area contributed by atoms with E-state index < -0.39 is 0 Å². The first kappa shape index (κ1) is 19.5. The predicted octanol–water partition coefficient (Wildman–Crippen LogP) is 3.60. The number of carbonyl (C=O) groups excluding carboxylic acids is 1. The molecule has 0 unspecified atom stereocenters. The third-order valence-electron chi connectivity index (χ3n) is 4.57. The fourth-order valence-electron chi connectivity index (χ4n) is 3.26. The van der Waals surface area contributed by atoms with Crippen LogP contribution in [0.25, 0.3) is 0 Å². The minimum absolute atomic E-state index is 0.00857. The molecule has 0 saturated carbocycles. The third-order valence-corrected chi connectivity index (χ3v) is 5.42. The van der Waals surface area contributed by atoms with Crippen LogP contribution in [0.15, 0.2) is 29.6 Å². The van der Waals surface area contributed by atoms with E-state index in [0.717, 1.165) is 29.9 Å². The molecule has 3 rings (SSSR count). The summed E-state index contributed by atoms with van der Waals surface area (Å²) in [7, 11) is 4.74. The van der Waals surface area contributed by atoms with E-state index in [4.69, 9.17) is 18.9 Å². The van der Waals surface area contributed by atoms with Crippen molar-refractivity contribution in [3.8, 4) is 17.2 Å². The first-order chi connectivity index (χ1) is 13.2. The molecule has 1 aromatic heterocycles. The summed E-state index contributed by atoms with van der Waals surface area (Å²) in [6.45, 7) is 1.76. The summed E-state index contributed by atoms with van der Waals surface area (Å²) in [5.74, 6) is 1.70. The van der Waals surface area contributed by atoms with Crippen molar-refractivity contribution < 1.29 is 23.7 Å². The molecule has 1 aromatic carbocycles. The van der Waals surface area contributed by atoms with Crippen LogP contribution in [0.4, 0.5) is 0 Å². The molecule has 1 aliphatic heterocycles. The highest BCUT2D eigenvalue weighted by atomic mass is 32.1. The summed E-state index contributed by atoms with van der Waals surface area (Å²) in [5.41, 5.74) is 0.910. The smallest absolute Gasteiger partial charge is 0.264 e. The molecule has 1 saturated heterocycles. The zero-order chi connectivity index (χ0) is 19.2. The van der Waals surface area contributed by atoms with Crippen molar-refractivity contribution in [2.75, 3.05) is 34.5 Å². The summed E-state index contributed by atoms with van der Waals surface area (Å²) in [4.78, 5) is 15.6. The molecule has 1 atom stereocenters. The lowest BCUT2D eigenvalue weighted by molar-refractivity contribution is 0.0510. The van der Waals surface area contributed by atoms with E-state index in [0.29, 0.717) is 30.3 Å². The second kappa shape index (κ2) is 9.10. The Labute approximate surface area is 163 Å². The van der Waals surface area contributed by atoms with Crippen LogP contribution in [0.2, 0.25) is 0 Å². The molecule has 0 bridgehead atoms. The van der Waals surface area contributed by atoms with Crippen LogP contribution in [0, 0.1) is 0 Å². The van der Waals surface area contributed by atoms with E-state index in [9.17, 15) is 4.79 Å². The van der Waals surface area contributed by atoms with Crippen molar-refractivity contribution in [3.05, 3.63) is 40.1 Å². The summed E-state index contributed by atoms with van der Waals surface area (Å²) in [5, 5.41) is 1.91. The number of thiophene rings is 1. The van der Waals surface area contributed by atoms with Gasteiger partial charge in [0.1, 0.15) is 0 Å². The molecule has 0 spiro atoms. The Hall–Kier alpha value is -2.25. The van der Waals surface area contributed by atoms with Crippen molar-refractivity contribution in [3.63, 3.8) is 0 Å². The van der Waals surface area contributed by atoms with Gasteiger partial charge in [-0.15, -0.1) is 11.3 Å². The Morgan fingerprint density at radius 2 is 1.96 bits per heavy atom. The summed E-state index contributed by atoms with van der Waals surface area (Å²) >= 11 is 1.45. The van der Waals surface area contributed by atoms with Gasteiger partial charge >= 0.3 is 0 Å². The molecule has 1 aliphatic rings. The molecule has 2 aromatic rings. The number of amides is 1. The minimum Gasteiger partial charge on any atom is -0.493 e. The molecule has 6 nitrogen and oxygen atoms in total. The van der Waals surface area contributed by atoms with E-state index in [2.05, 4.69) is 0 Å². The van der Waals surface area contributed by atoms with Gasteiger partial charge in [0.25, 0.3) is 5.91 Å². The van der Waals surface area contributed by atoms with E-state index in [1.165, 1.54) is 11.3 Å². The topological polar surface area (TPSA) is 57.2 Å². The highest BCUT2D eigenvalue weighted by molar-refractivity contribution is 7.12. The van der Waals surface area contributed by atoms with Crippen molar-refractivity contribution >= 4 is 17.2 Å². The minimum atomic E-state index is 0.00857. The summed E-state index contributed by atoms with van der Waals surface area (Å²) in [6, 6.07) is 7.50. The Morgan fingerprint density at radius 1 is 1.22 bits per heavy atom. The van der Waals surface area contributed by atoms with Crippen LogP contribution in [0.3, 0.4) is 0 Å². The van der Waals surface area contributed by atoms with E-state index in [-0.39, 0.29) is 12.0 Å². The fourth-order valence-corrected chi connectivity index (χ4v) is 3.95. The molecule has 1 amide bonds. The van der Waals surface area contributed by atoms with Crippen molar-refractivity contribution in [1.29, 1.82) is 0 Å². The van der Waals surface area contributed by atoms with Gasteiger partial charge in [0.2, 0.25) is 5.75 Å². The van der Waals surface area contributed by atoms with Crippen molar-refractivity contribution in [2.45, 2.75) is 25.5 Å². The fraction of sp³-hybridized carbons (Fsp3) is 0.450. The standard InChI is InChI=1S/C20H25NO5S/c1-23-16-10-14(11-17(24-2)19(16)25-3)12-21(13-15-6-4-8-26-15)20(22)18-7-5-9-27-18/h5,7,9-11,15H,4,6,8,12-13H2,1-3H3/t15-/m1/s1. The van der Waals surface area contributed by atoms with Gasteiger partial charge in [0, 0.05) is 19.7 Å². The summed E-state index contributed by atoms with van der Waals surface area (Å²) < 4.78 is 22.0. The lowest BCUT2D eigenvalue weighted by Crippen LogP contribution is -2.36. The SMILES string of the molecule is COc1cc(CN(C[C@H]2CCCO2)C(=O)c2cccs2)cc(OC)c1OC. The third kappa shape index (κ3) is 4.54. The molecule has 0 radical (unpaired) electrons. The maximum absolute atomic E-state index is 13.0. The van der Waals surface area contributed by atoms with Crippen LogP contribution >= 0.6 is 11.3 Å². The Bertz CT molecular complexity index is 731. The number of nitrogens with zero attached hydrogens (tertiary/aromatic N) is 1. The molecule has 146 valence electrons. The van der Waals surface area contributed by atoms with Gasteiger partial charge < -0.3 is 23.8 Å².